The van der Waals surface area contributed by atoms with Crippen LogP contribution in [0.1, 0.15) is 15.9 Å². The van der Waals surface area contributed by atoms with Gasteiger partial charge >= 0.3 is 0 Å². The predicted molar refractivity (Wildman–Crippen MR) is 98.9 cm³/mol. The molecule has 4 rings (SSSR count). The lowest BCUT2D eigenvalue weighted by Gasteiger charge is -2.43. The van der Waals surface area contributed by atoms with Gasteiger partial charge in [0.2, 0.25) is 5.91 Å². The standard InChI is InChI=1S/C20H16ClFN2O3/c1-2-18(26)23-9-13(10-23)24-8-12-4-3-11(5-16(12)20(24)27)15-6-14(25)7-17(22)19(15)21/h2-7,13,25H,1,8-10H2. The summed E-state index contributed by atoms with van der Waals surface area (Å²) in [5.41, 5.74) is 2.28. The van der Waals surface area contributed by atoms with Crippen LogP contribution in [0.3, 0.4) is 0 Å². The van der Waals surface area contributed by atoms with Crippen molar-refractivity contribution in [3.8, 4) is 16.9 Å². The van der Waals surface area contributed by atoms with Gasteiger partial charge in [0.05, 0.1) is 11.1 Å². The fourth-order valence-electron chi connectivity index (χ4n) is 3.53. The quantitative estimate of drug-likeness (QED) is 0.824. The third-order valence-corrected chi connectivity index (χ3v) is 5.44. The van der Waals surface area contributed by atoms with E-state index in [-0.39, 0.29) is 28.6 Å². The first-order valence-corrected chi connectivity index (χ1v) is 8.80. The van der Waals surface area contributed by atoms with Gasteiger partial charge in [0.1, 0.15) is 11.6 Å². The maximum atomic E-state index is 13.8. The van der Waals surface area contributed by atoms with Crippen LogP contribution in [0.25, 0.3) is 11.1 Å². The van der Waals surface area contributed by atoms with E-state index in [9.17, 15) is 19.1 Å². The third-order valence-electron chi connectivity index (χ3n) is 5.06. The normalized spacial score (nSPS) is 16.3. The number of phenols is 1. The van der Waals surface area contributed by atoms with Crippen LogP contribution in [0.4, 0.5) is 4.39 Å². The van der Waals surface area contributed by atoms with Crippen molar-refractivity contribution in [1.29, 1.82) is 0 Å². The first-order chi connectivity index (χ1) is 12.9. The minimum Gasteiger partial charge on any atom is -0.508 e. The van der Waals surface area contributed by atoms with Crippen LogP contribution in [0.15, 0.2) is 43.0 Å². The molecule has 2 aliphatic rings. The van der Waals surface area contributed by atoms with Crippen molar-refractivity contribution in [1.82, 2.24) is 9.80 Å². The highest BCUT2D eigenvalue weighted by atomic mass is 35.5. The molecule has 0 saturated carbocycles. The molecule has 0 unspecified atom stereocenters. The fourth-order valence-corrected chi connectivity index (χ4v) is 3.75. The van der Waals surface area contributed by atoms with Gasteiger partial charge in [0, 0.05) is 36.8 Å². The molecule has 1 fully saturated rings. The van der Waals surface area contributed by atoms with Crippen molar-refractivity contribution in [3.05, 3.63) is 65.0 Å². The minimum atomic E-state index is -0.721. The van der Waals surface area contributed by atoms with E-state index in [0.29, 0.717) is 36.3 Å². The second-order valence-corrected chi connectivity index (χ2v) is 7.07. The van der Waals surface area contributed by atoms with Crippen molar-refractivity contribution in [2.75, 3.05) is 13.1 Å². The van der Waals surface area contributed by atoms with Crippen LogP contribution < -0.4 is 0 Å². The highest BCUT2D eigenvalue weighted by Crippen LogP contribution is 2.36. The number of likely N-dealkylation sites (tertiary alicyclic amines) is 1. The number of rotatable bonds is 3. The van der Waals surface area contributed by atoms with Crippen molar-refractivity contribution >= 4 is 23.4 Å². The van der Waals surface area contributed by atoms with Crippen molar-refractivity contribution < 1.29 is 19.1 Å². The second-order valence-electron chi connectivity index (χ2n) is 6.70. The smallest absolute Gasteiger partial charge is 0.254 e. The summed E-state index contributed by atoms with van der Waals surface area (Å²) in [5, 5.41) is 9.55. The molecule has 0 bridgehead atoms. The Balaban J connectivity index is 1.60. The van der Waals surface area contributed by atoms with E-state index in [2.05, 4.69) is 6.58 Å². The molecule has 2 aromatic rings. The number of benzene rings is 2. The van der Waals surface area contributed by atoms with E-state index < -0.39 is 5.82 Å². The molecule has 0 aliphatic carbocycles. The van der Waals surface area contributed by atoms with Crippen LogP contribution in [0, 0.1) is 5.82 Å². The van der Waals surface area contributed by atoms with Gasteiger partial charge < -0.3 is 14.9 Å². The Kier molecular flexibility index (Phi) is 4.15. The monoisotopic (exact) mass is 386 g/mol. The molecule has 138 valence electrons. The molecule has 5 nitrogen and oxygen atoms in total. The number of phenolic OH excluding ortho intramolecular Hbond substituents is 1. The zero-order valence-electron chi connectivity index (χ0n) is 14.3. The zero-order chi connectivity index (χ0) is 19.3. The Hall–Kier alpha value is -2.86. The van der Waals surface area contributed by atoms with Gasteiger partial charge in [-0.25, -0.2) is 4.39 Å². The van der Waals surface area contributed by atoms with Gasteiger partial charge in [0.15, 0.2) is 0 Å². The molecule has 0 spiro atoms. The summed E-state index contributed by atoms with van der Waals surface area (Å²) in [6.45, 7) is 4.91. The average Bonchev–Trinajstić information content (AvgIpc) is 2.92. The molecular formula is C20H16ClFN2O3. The van der Waals surface area contributed by atoms with Crippen LogP contribution in [0.5, 0.6) is 5.75 Å². The Bertz CT molecular complexity index is 985. The number of hydrogen-bond donors (Lipinski definition) is 1. The SMILES string of the molecule is C=CC(=O)N1CC(N2Cc3ccc(-c4cc(O)cc(F)c4Cl)cc3C2=O)C1. The molecule has 2 aromatic carbocycles. The molecule has 7 heteroatoms. The lowest BCUT2D eigenvalue weighted by molar-refractivity contribution is -0.132. The van der Waals surface area contributed by atoms with E-state index in [1.807, 2.05) is 6.07 Å². The van der Waals surface area contributed by atoms with Crippen LogP contribution >= 0.6 is 11.6 Å². The summed E-state index contributed by atoms with van der Waals surface area (Å²) in [5.74, 6) is -1.22. The molecule has 0 aromatic heterocycles. The predicted octanol–water partition coefficient (Wildman–Crippen LogP) is 3.20. The molecule has 0 atom stereocenters. The summed E-state index contributed by atoms with van der Waals surface area (Å²) >= 11 is 6.03. The highest BCUT2D eigenvalue weighted by molar-refractivity contribution is 6.33. The van der Waals surface area contributed by atoms with Crippen molar-refractivity contribution in [3.63, 3.8) is 0 Å². The van der Waals surface area contributed by atoms with E-state index in [4.69, 9.17) is 11.6 Å². The minimum absolute atomic E-state index is 0.0287. The number of hydrogen-bond acceptors (Lipinski definition) is 3. The van der Waals surface area contributed by atoms with Crippen LogP contribution in [-0.4, -0.2) is 45.9 Å². The molecule has 0 radical (unpaired) electrons. The van der Waals surface area contributed by atoms with Gasteiger partial charge in [-0.15, -0.1) is 0 Å². The number of fused-ring (bicyclic) bond motifs is 1. The Morgan fingerprint density at radius 2 is 2.00 bits per heavy atom. The summed E-state index contributed by atoms with van der Waals surface area (Å²) in [4.78, 5) is 27.8. The summed E-state index contributed by atoms with van der Waals surface area (Å²) in [6.07, 6.45) is 1.27. The maximum Gasteiger partial charge on any atom is 0.254 e. The van der Waals surface area contributed by atoms with Crippen LogP contribution in [-0.2, 0) is 11.3 Å². The van der Waals surface area contributed by atoms with Gasteiger partial charge in [0.25, 0.3) is 5.91 Å². The lowest BCUT2D eigenvalue weighted by Crippen LogP contribution is -2.60. The number of carbonyl (C=O) groups is 2. The Morgan fingerprint density at radius 3 is 2.70 bits per heavy atom. The molecule has 2 heterocycles. The average molecular weight is 387 g/mol. The second kappa shape index (κ2) is 6.39. The van der Waals surface area contributed by atoms with Gasteiger partial charge in [-0.05, 0) is 29.3 Å². The molecule has 27 heavy (non-hydrogen) atoms. The van der Waals surface area contributed by atoms with Crippen molar-refractivity contribution in [2.45, 2.75) is 12.6 Å². The Labute approximate surface area is 160 Å². The topological polar surface area (TPSA) is 60.9 Å². The summed E-state index contributed by atoms with van der Waals surface area (Å²) in [6, 6.07) is 7.52. The number of halogens is 2. The van der Waals surface area contributed by atoms with E-state index >= 15 is 0 Å². The summed E-state index contributed by atoms with van der Waals surface area (Å²) < 4.78 is 13.8. The maximum absolute atomic E-state index is 13.8. The number of nitrogens with zero attached hydrogens (tertiary/aromatic N) is 2. The van der Waals surface area contributed by atoms with Gasteiger partial charge in [-0.1, -0.05) is 30.3 Å². The largest absolute Gasteiger partial charge is 0.508 e. The molecule has 1 N–H and O–H groups in total. The molecular weight excluding hydrogens is 371 g/mol. The number of carbonyl (C=O) groups excluding carboxylic acids is 2. The van der Waals surface area contributed by atoms with E-state index in [1.54, 1.807) is 21.9 Å². The third kappa shape index (κ3) is 2.86. The zero-order valence-corrected chi connectivity index (χ0v) is 15.0. The van der Waals surface area contributed by atoms with Gasteiger partial charge in [-0.2, -0.15) is 0 Å². The van der Waals surface area contributed by atoms with Gasteiger partial charge in [-0.3, -0.25) is 9.59 Å². The number of amides is 2. The highest BCUT2D eigenvalue weighted by Gasteiger charge is 2.40. The summed E-state index contributed by atoms with van der Waals surface area (Å²) in [7, 11) is 0. The Morgan fingerprint density at radius 1 is 1.26 bits per heavy atom. The first kappa shape index (κ1) is 17.5. The number of aromatic hydroxyl groups is 1. The molecule has 1 saturated heterocycles. The fraction of sp³-hybridized carbons (Fsp3) is 0.200. The van der Waals surface area contributed by atoms with Crippen molar-refractivity contribution in [2.24, 2.45) is 0 Å². The first-order valence-electron chi connectivity index (χ1n) is 8.42. The molecule has 2 aliphatic heterocycles. The van der Waals surface area contributed by atoms with Crippen LogP contribution in [0.2, 0.25) is 5.02 Å². The van der Waals surface area contributed by atoms with E-state index in [0.717, 1.165) is 11.6 Å². The lowest BCUT2D eigenvalue weighted by atomic mass is 10.00. The van der Waals surface area contributed by atoms with E-state index in [1.165, 1.54) is 12.1 Å². The molecule has 2 amide bonds.